The second-order valence-electron chi connectivity index (χ2n) is 5.75. The molecule has 22 heavy (non-hydrogen) atoms. The van der Waals surface area contributed by atoms with E-state index < -0.39 is 0 Å². The second kappa shape index (κ2) is 6.83. The number of benzene rings is 1. The quantitative estimate of drug-likeness (QED) is 0.861. The number of rotatable bonds is 6. The van der Waals surface area contributed by atoms with Crippen LogP contribution in [0.3, 0.4) is 0 Å². The second-order valence-corrected chi connectivity index (χ2v) is 5.75. The average Bonchev–Trinajstić information content (AvgIpc) is 3.22. The molecule has 118 valence electrons. The van der Waals surface area contributed by atoms with E-state index in [1.165, 1.54) is 31.4 Å². The van der Waals surface area contributed by atoms with Crippen molar-refractivity contribution >= 4 is 5.69 Å². The summed E-state index contributed by atoms with van der Waals surface area (Å²) in [6.07, 6.45) is 7.00. The number of methoxy groups -OCH3 is 1. The van der Waals surface area contributed by atoms with Crippen molar-refractivity contribution in [3.63, 3.8) is 0 Å². The van der Waals surface area contributed by atoms with Gasteiger partial charge in [0.1, 0.15) is 5.75 Å². The van der Waals surface area contributed by atoms with Crippen LogP contribution in [-0.2, 0) is 0 Å². The molecule has 0 radical (unpaired) electrons. The summed E-state index contributed by atoms with van der Waals surface area (Å²) in [5.74, 6) is 1.43. The van der Waals surface area contributed by atoms with Gasteiger partial charge in [-0.15, -0.1) is 0 Å². The molecule has 2 aromatic rings. The van der Waals surface area contributed by atoms with Crippen LogP contribution < -0.4 is 15.8 Å². The predicted molar refractivity (Wildman–Crippen MR) is 88.9 cm³/mol. The molecule has 5 heteroatoms. The van der Waals surface area contributed by atoms with Crippen molar-refractivity contribution in [1.29, 1.82) is 0 Å². The van der Waals surface area contributed by atoms with Crippen LogP contribution in [0.25, 0.3) is 5.69 Å². The summed E-state index contributed by atoms with van der Waals surface area (Å²) < 4.78 is 7.30. The van der Waals surface area contributed by atoms with Crippen LogP contribution >= 0.6 is 0 Å². The van der Waals surface area contributed by atoms with Crippen molar-refractivity contribution in [1.82, 2.24) is 9.78 Å². The third kappa shape index (κ3) is 2.95. The lowest BCUT2D eigenvalue weighted by Crippen LogP contribution is -2.15. The maximum absolute atomic E-state index is 5.63. The minimum absolute atomic E-state index is 0.574. The van der Waals surface area contributed by atoms with Gasteiger partial charge in [-0.2, -0.15) is 5.10 Å². The summed E-state index contributed by atoms with van der Waals surface area (Å²) in [4.78, 5) is 0. The van der Waals surface area contributed by atoms with Gasteiger partial charge in [0.15, 0.2) is 0 Å². The Kier molecular flexibility index (Phi) is 4.63. The largest absolute Gasteiger partial charge is 0.497 e. The molecule has 1 fully saturated rings. The van der Waals surface area contributed by atoms with Crippen LogP contribution in [0.2, 0.25) is 0 Å². The first kappa shape index (κ1) is 14.9. The zero-order valence-corrected chi connectivity index (χ0v) is 13.1. The topological polar surface area (TPSA) is 65.1 Å². The fourth-order valence-electron chi connectivity index (χ4n) is 3.22. The minimum Gasteiger partial charge on any atom is -0.497 e. The number of anilines is 1. The fraction of sp³-hybridized carbons (Fsp3) is 0.471. The number of nitrogens with two attached hydrogens (primary N) is 1. The average molecular weight is 300 g/mol. The molecule has 1 aromatic carbocycles. The SMILES string of the molecule is COc1ccc(-n2ncc(NCCN)c2C2CCCC2)cc1. The molecule has 1 saturated carbocycles. The molecule has 1 aromatic heterocycles. The number of ether oxygens (including phenoxy) is 1. The first-order valence-corrected chi connectivity index (χ1v) is 7.99. The third-order valence-electron chi connectivity index (χ3n) is 4.33. The smallest absolute Gasteiger partial charge is 0.119 e. The van der Waals surface area contributed by atoms with Gasteiger partial charge in [0.2, 0.25) is 0 Å². The van der Waals surface area contributed by atoms with Crippen molar-refractivity contribution in [3.8, 4) is 11.4 Å². The maximum Gasteiger partial charge on any atom is 0.119 e. The van der Waals surface area contributed by atoms with E-state index in [4.69, 9.17) is 10.5 Å². The molecule has 0 unspecified atom stereocenters. The molecule has 0 amide bonds. The Bertz CT molecular complexity index is 600. The van der Waals surface area contributed by atoms with Crippen LogP contribution in [-0.4, -0.2) is 30.0 Å². The van der Waals surface area contributed by atoms with Gasteiger partial charge in [0.25, 0.3) is 0 Å². The monoisotopic (exact) mass is 300 g/mol. The number of aromatic nitrogens is 2. The Labute approximate surface area is 131 Å². The number of hydrogen-bond acceptors (Lipinski definition) is 4. The van der Waals surface area contributed by atoms with Crippen molar-refractivity contribution in [3.05, 3.63) is 36.2 Å². The van der Waals surface area contributed by atoms with E-state index in [0.29, 0.717) is 12.5 Å². The Morgan fingerprint density at radius 1 is 1.27 bits per heavy atom. The molecular weight excluding hydrogens is 276 g/mol. The van der Waals surface area contributed by atoms with Crippen LogP contribution in [0.4, 0.5) is 5.69 Å². The van der Waals surface area contributed by atoms with Crippen molar-refractivity contribution in [2.45, 2.75) is 31.6 Å². The zero-order chi connectivity index (χ0) is 15.4. The summed E-state index contributed by atoms with van der Waals surface area (Å²) in [6, 6.07) is 8.05. The predicted octanol–water partition coefficient (Wildman–Crippen LogP) is 2.91. The van der Waals surface area contributed by atoms with Gasteiger partial charge < -0.3 is 15.8 Å². The summed E-state index contributed by atoms with van der Waals surface area (Å²) in [7, 11) is 1.68. The summed E-state index contributed by atoms with van der Waals surface area (Å²) >= 11 is 0. The lowest BCUT2D eigenvalue weighted by atomic mass is 10.0. The Balaban J connectivity index is 1.96. The Hall–Kier alpha value is -2.01. The zero-order valence-electron chi connectivity index (χ0n) is 13.1. The molecule has 5 nitrogen and oxygen atoms in total. The minimum atomic E-state index is 0.574. The molecule has 1 aliphatic carbocycles. The van der Waals surface area contributed by atoms with Gasteiger partial charge in [0.05, 0.1) is 30.4 Å². The third-order valence-corrected chi connectivity index (χ3v) is 4.33. The van der Waals surface area contributed by atoms with Gasteiger partial charge >= 0.3 is 0 Å². The summed E-state index contributed by atoms with van der Waals surface area (Å²) in [5.41, 5.74) is 9.11. The van der Waals surface area contributed by atoms with Gasteiger partial charge in [0, 0.05) is 19.0 Å². The molecular formula is C17H24N4O. The van der Waals surface area contributed by atoms with Gasteiger partial charge in [-0.1, -0.05) is 12.8 Å². The summed E-state index contributed by atoms with van der Waals surface area (Å²) in [5, 5.41) is 8.03. The highest BCUT2D eigenvalue weighted by Crippen LogP contribution is 2.38. The molecule has 3 rings (SSSR count). The van der Waals surface area contributed by atoms with Crippen LogP contribution in [0.1, 0.15) is 37.3 Å². The van der Waals surface area contributed by atoms with E-state index in [2.05, 4.69) is 27.2 Å². The maximum atomic E-state index is 5.63. The van der Waals surface area contributed by atoms with E-state index in [1.807, 2.05) is 18.3 Å². The van der Waals surface area contributed by atoms with E-state index in [-0.39, 0.29) is 0 Å². The van der Waals surface area contributed by atoms with Crippen LogP contribution in [0, 0.1) is 0 Å². The highest BCUT2D eigenvalue weighted by Gasteiger charge is 2.25. The van der Waals surface area contributed by atoms with Crippen molar-refractivity contribution in [2.24, 2.45) is 5.73 Å². The lowest BCUT2D eigenvalue weighted by Gasteiger charge is -2.16. The van der Waals surface area contributed by atoms with E-state index in [0.717, 1.165) is 23.7 Å². The molecule has 0 bridgehead atoms. The Morgan fingerprint density at radius 2 is 2.00 bits per heavy atom. The molecule has 3 N–H and O–H groups in total. The highest BCUT2D eigenvalue weighted by molar-refractivity contribution is 5.52. The summed E-state index contributed by atoms with van der Waals surface area (Å²) in [6.45, 7) is 1.39. The van der Waals surface area contributed by atoms with E-state index in [1.54, 1.807) is 7.11 Å². The van der Waals surface area contributed by atoms with E-state index in [9.17, 15) is 0 Å². The molecule has 1 heterocycles. The number of nitrogens with one attached hydrogen (secondary N) is 1. The molecule has 0 aliphatic heterocycles. The fourth-order valence-corrected chi connectivity index (χ4v) is 3.22. The lowest BCUT2D eigenvalue weighted by molar-refractivity contribution is 0.414. The van der Waals surface area contributed by atoms with Gasteiger partial charge in [-0.25, -0.2) is 4.68 Å². The molecule has 1 aliphatic rings. The molecule has 0 atom stereocenters. The first-order chi connectivity index (χ1) is 10.8. The van der Waals surface area contributed by atoms with Gasteiger partial charge in [-0.05, 0) is 37.1 Å². The van der Waals surface area contributed by atoms with E-state index >= 15 is 0 Å². The first-order valence-electron chi connectivity index (χ1n) is 7.99. The van der Waals surface area contributed by atoms with Crippen LogP contribution in [0.15, 0.2) is 30.5 Å². The highest BCUT2D eigenvalue weighted by atomic mass is 16.5. The van der Waals surface area contributed by atoms with Gasteiger partial charge in [-0.3, -0.25) is 0 Å². The molecule has 0 saturated heterocycles. The standard InChI is InChI=1S/C17H24N4O/c1-22-15-8-6-14(7-9-15)21-17(13-4-2-3-5-13)16(12-20-21)19-11-10-18/h6-9,12-13,19H,2-5,10-11,18H2,1H3. The van der Waals surface area contributed by atoms with Crippen molar-refractivity contribution < 1.29 is 4.74 Å². The molecule has 0 spiro atoms. The normalized spacial score (nSPS) is 15.2. The van der Waals surface area contributed by atoms with Crippen LogP contribution in [0.5, 0.6) is 5.75 Å². The number of hydrogen-bond donors (Lipinski definition) is 2. The number of nitrogens with zero attached hydrogens (tertiary/aromatic N) is 2. The Morgan fingerprint density at radius 3 is 2.64 bits per heavy atom. The van der Waals surface area contributed by atoms with Crippen molar-refractivity contribution in [2.75, 3.05) is 25.5 Å².